The lowest BCUT2D eigenvalue weighted by Crippen LogP contribution is -2.22. The summed E-state index contributed by atoms with van der Waals surface area (Å²) >= 11 is 0. The number of aromatic nitrogens is 1. The zero-order valence-electron chi connectivity index (χ0n) is 13.5. The van der Waals surface area contributed by atoms with Gasteiger partial charge in [0.1, 0.15) is 5.82 Å². The number of pyridine rings is 1. The molecule has 0 saturated carbocycles. The summed E-state index contributed by atoms with van der Waals surface area (Å²) < 4.78 is 0. The predicted molar refractivity (Wildman–Crippen MR) is 93.4 cm³/mol. The van der Waals surface area contributed by atoms with Crippen molar-refractivity contribution in [1.82, 2.24) is 10.3 Å². The number of aliphatic hydroxyl groups is 1. The van der Waals surface area contributed by atoms with Crippen molar-refractivity contribution < 1.29 is 5.11 Å². The Bertz CT molecular complexity index is 579. The number of hydrogen-bond donors (Lipinski definition) is 2. The van der Waals surface area contributed by atoms with Crippen LogP contribution in [0.4, 0.5) is 5.82 Å². The highest BCUT2D eigenvalue weighted by molar-refractivity contribution is 5.40. The summed E-state index contributed by atoms with van der Waals surface area (Å²) in [6.07, 6.45) is 5.21. The van der Waals surface area contributed by atoms with Gasteiger partial charge < -0.3 is 15.3 Å². The number of rotatable bonds is 7. The standard InChI is InChI=1S/C19H25N3O/c23-13-10-18(17-6-2-1-3-7-17)20-14-16-8-9-19(21-15-16)22-11-4-5-12-22/h1-3,6-9,15,18,20,23H,4-5,10-14H2/t18-/m1/s1. The number of benzene rings is 1. The summed E-state index contributed by atoms with van der Waals surface area (Å²) in [4.78, 5) is 6.94. The van der Waals surface area contributed by atoms with Gasteiger partial charge in [0.25, 0.3) is 0 Å². The van der Waals surface area contributed by atoms with Crippen LogP contribution in [0.3, 0.4) is 0 Å². The molecule has 1 atom stereocenters. The Balaban J connectivity index is 1.59. The van der Waals surface area contributed by atoms with Crippen LogP contribution in [0.25, 0.3) is 0 Å². The van der Waals surface area contributed by atoms with Crippen LogP contribution >= 0.6 is 0 Å². The molecule has 0 spiro atoms. The van der Waals surface area contributed by atoms with Gasteiger partial charge in [-0.25, -0.2) is 4.98 Å². The molecule has 3 rings (SSSR count). The predicted octanol–water partition coefficient (Wildman–Crippen LogP) is 2.90. The second-order valence-corrected chi connectivity index (χ2v) is 6.08. The van der Waals surface area contributed by atoms with Crippen LogP contribution in [0, 0.1) is 0 Å². The Morgan fingerprint density at radius 3 is 2.52 bits per heavy atom. The quantitative estimate of drug-likeness (QED) is 0.825. The fourth-order valence-corrected chi connectivity index (χ4v) is 3.10. The van der Waals surface area contributed by atoms with Crippen LogP contribution in [0.1, 0.15) is 36.4 Å². The van der Waals surface area contributed by atoms with Crippen LogP contribution in [0.15, 0.2) is 48.7 Å². The molecule has 2 aromatic rings. The molecule has 1 aromatic heterocycles. The van der Waals surface area contributed by atoms with Crippen LogP contribution < -0.4 is 10.2 Å². The first-order valence-corrected chi connectivity index (χ1v) is 8.46. The molecule has 0 radical (unpaired) electrons. The first-order chi connectivity index (χ1) is 11.4. The summed E-state index contributed by atoms with van der Waals surface area (Å²) in [6.45, 7) is 3.18. The molecule has 4 heteroatoms. The SMILES string of the molecule is OCC[C@@H](NCc1ccc(N2CCCC2)nc1)c1ccccc1. The van der Waals surface area contributed by atoms with Gasteiger partial charge >= 0.3 is 0 Å². The number of hydrogen-bond acceptors (Lipinski definition) is 4. The molecule has 0 amide bonds. The van der Waals surface area contributed by atoms with E-state index in [0.29, 0.717) is 6.42 Å². The average molecular weight is 311 g/mol. The molecule has 2 N–H and O–H groups in total. The molecule has 4 nitrogen and oxygen atoms in total. The van der Waals surface area contributed by atoms with Crippen molar-refractivity contribution in [1.29, 1.82) is 0 Å². The molecule has 23 heavy (non-hydrogen) atoms. The highest BCUT2D eigenvalue weighted by Crippen LogP contribution is 2.19. The van der Waals surface area contributed by atoms with Crippen molar-refractivity contribution >= 4 is 5.82 Å². The van der Waals surface area contributed by atoms with E-state index in [9.17, 15) is 5.11 Å². The molecule has 1 fully saturated rings. The number of nitrogens with one attached hydrogen (secondary N) is 1. The Morgan fingerprint density at radius 2 is 1.87 bits per heavy atom. The molecule has 1 aliphatic rings. The second kappa shape index (κ2) is 8.09. The molecule has 0 aliphatic carbocycles. The van der Waals surface area contributed by atoms with E-state index in [1.807, 2.05) is 24.4 Å². The van der Waals surface area contributed by atoms with E-state index < -0.39 is 0 Å². The minimum absolute atomic E-state index is 0.166. The number of anilines is 1. The molecular formula is C19H25N3O. The highest BCUT2D eigenvalue weighted by Gasteiger charge is 2.13. The van der Waals surface area contributed by atoms with Crippen molar-refractivity contribution in [3.63, 3.8) is 0 Å². The van der Waals surface area contributed by atoms with Gasteiger partial charge in [-0.1, -0.05) is 36.4 Å². The van der Waals surface area contributed by atoms with E-state index in [-0.39, 0.29) is 12.6 Å². The van der Waals surface area contributed by atoms with Crippen molar-refractivity contribution in [2.75, 3.05) is 24.6 Å². The lowest BCUT2D eigenvalue weighted by atomic mass is 10.0. The van der Waals surface area contributed by atoms with Gasteiger partial charge in [0.15, 0.2) is 0 Å². The van der Waals surface area contributed by atoms with E-state index in [1.165, 1.54) is 24.0 Å². The monoisotopic (exact) mass is 311 g/mol. The van der Waals surface area contributed by atoms with Crippen LogP contribution in [0.2, 0.25) is 0 Å². The van der Waals surface area contributed by atoms with Gasteiger partial charge in [-0.2, -0.15) is 0 Å². The second-order valence-electron chi connectivity index (χ2n) is 6.08. The number of nitrogens with zero attached hydrogens (tertiary/aromatic N) is 2. The molecule has 0 unspecified atom stereocenters. The van der Waals surface area contributed by atoms with Crippen molar-refractivity contribution in [3.05, 3.63) is 59.8 Å². The lowest BCUT2D eigenvalue weighted by Gasteiger charge is -2.19. The first kappa shape index (κ1) is 16.0. The Hall–Kier alpha value is -1.91. The third-order valence-corrected chi connectivity index (χ3v) is 4.41. The third kappa shape index (κ3) is 4.30. The van der Waals surface area contributed by atoms with E-state index in [1.54, 1.807) is 0 Å². The minimum atomic E-state index is 0.166. The van der Waals surface area contributed by atoms with Crippen LogP contribution in [0.5, 0.6) is 0 Å². The van der Waals surface area contributed by atoms with Gasteiger partial charge in [0.2, 0.25) is 0 Å². The largest absolute Gasteiger partial charge is 0.396 e. The maximum atomic E-state index is 9.29. The van der Waals surface area contributed by atoms with Crippen LogP contribution in [-0.4, -0.2) is 29.8 Å². The zero-order valence-corrected chi connectivity index (χ0v) is 13.5. The maximum absolute atomic E-state index is 9.29. The van der Waals surface area contributed by atoms with Crippen molar-refractivity contribution in [2.24, 2.45) is 0 Å². The maximum Gasteiger partial charge on any atom is 0.128 e. The smallest absolute Gasteiger partial charge is 0.128 e. The van der Waals surface area contributed by atoms with Gasteiger partial charge in [-0.15, -0.1) is 0 Å². The van der Waals surface area contributed by atoms with Crippen molar-refractivity contribution in [2.45, 2.75) is 31.8 Å². The first-order valence-electron chi connectivity index (χ1n) is 8.46. The lowest BCUT2D eigenvalue weighted by molar-refractivity contribution is 0.265. The minimum Gasteiger partial charge on any atom is -0.396 e. The molecule has 122 valence electrons. The van der Waals surface area contributed by atoms with Crippen LogP contribution in [-0.2, 0) is 6.54 Å². The van der Waals surface area contributed by atoms with E-state index in [0.717, 1.165) is 25.5 Å². The fourth-order valence-electron chi connectivity index (χ4n) is 3.10. The van der Waals surface area contributed by atoms with E-state index in [2.05, 4.69) is 39.5 Å². The van der Waals surface area contributed by atoms with E-state index >= 15 is 0 Å². The summed E-state index contributed by atoms with van der Waals surface area (Å²) in [5.74, 6) is 1.08. The molecule has 2 heterocycles. The average Bonchev–Trinajstić information content (AvgIpc) is 3.14. The van der Waals surface area contributed by atoms with Gasteiger partial charge in [0, 0.05) is 38.5 Å². The topological polar surface area (TPSA) is 48.4 Å². The Morgan fingerprint density at radius 1 is 1.09 bits per heavy atom. The molecule has 0 bridgehead atoms. The summed E-state index contributed by atoms with van der Waals surface area (Å²) in [6, 6.07) is 14.7. The van der Waals surface area contributed by atoms with E-state index in [4.69, 9.17) is 0 Å². The van der Waals surface area contributed by atoms with Gasteiger partial charge in [-0.3, -0.25) is 0 Å². The van der Waals surface area contributed by atoms with Gasteiger partial charge in [-0.05, 0) is 36.5 Å². The molecule has 1 saturated heterocycles. The van der Waals surface area contributed by atoms with Gasteiger partial charge in [0.05, 0.1) is 0 Å². The summed E-state index contributed by atoms with van der Waals surface area (Å²) in [5.41, 5.74) is 2.38. The fraction of sp³-hybridized carbons (Fsp3) is 0.421. The summed E-state index contributed by atoms with van der Waals surface area (Å²) in [7, 11) is 0. The summed E-state index contributed by atoms with van der Waals surface area (Å²) in [5, 5.41) is 12.8. The molecule has 1 aromatic carbocycles. The number of aliphatic hydroxyl groups excluding tert-OH is 1. The van der Waals surface area contributed by atoms with Crippen molar-refractivity contribution in [3.8, 4) is 0 Å². The molecule has 1 aliphatic heterocycles. The third-order valence-electron chi connectivity index (χ3n) is 4.41. The zero-order chi connectivity index (χ0) is 15.9. The Labute approximate surface area is 138 Å². The molecular weight excluding hydrogens is 286 g/mol. The Kier molecular flexibility index (Phi) is 5.61. The highest BCUT2D eigenvalue weighted by atomic mass is 16.3. The normalized spacial score (nSPS) is 15.8.